The molecule has 0 radical (unpaired) electrons. The molecule has 130 valence electrons. The van der Waals surface area contributed by atoms with Crippen LogP contribution in [0.1, 0.15) is 5.89 Å². The van der Waals surface area contributed by atoms with Gasteiger partial charge in [-0.15, -0.1) is 10.2 Å². The molecule has 5 nitrogen and oxygen atoms in total. The predicted octanol–water partition coefficient (Wildman–Crippen LogP) is 5.13. The van der Waals surface area contributed by atoms with E-state index in [0.717, 1.165) is 5.75 Å². The van der Waals surface area contributed by atoms with Gasteiger partial charge >= 0.3 is 0 Å². The molecule has 0 N–H and O–H groups in total. The van der Waals surface area contributed by atoms with E-state index in [9.17, 15) is 0 Å². The van der Waals surface area contributed by atoms with Gasteiger partial charge in [0.15, 0.2) is 6.61 Å². The van der Waals surface area contributed by atoms with Gasteiger partial charge in [-0.25, -0.2) is 0 Å². The minimum absolute atomic E-state index is 0.203. The number of hydrogen-bond donors (Lipinski definition) is 0. The van der Waals surface area contributed by atoms with Gasteiger partial charge in [0.2, 0.25) is 0 Å². The maximum absolute atomic E-state index is 5.90. The van der Waals surface area contributed by atoms with Gasteiger partial charge in [0.25, 0.3) is 11.1 Å². The van der Waals surface area contributed by atoms with Crippen molar-refractivity contribution < 1.29 is 13.9 Å². The van der Waals surface area contributed by atoms with Crippen molar-refractivity contribution in [3.63, 3.8) is 0 Å². The van der Waals surface area contributed by atoms with Crippen molar-refractivity contribution in [2.45, 2.75) is 11.8 Å². The Morgan fingerprint density at radius 1 is 0.920 bits per heavy atom. The molecular formula is C17H14Cl2N2O3S. The fourth-order valence-electron chi connectivity index (χ4n) is 1.88. The van der Waals surface area contributed by atoms with Gasteiger partial charge in [-0.1, -0.05) is 41.0 Å². The number of hydrogen-bond acceptors (Lipinski definition) is 6. The first kappa shape index (κ1) is 17.9. The summed E-state index contributed by atoms with van der Waals surface area (Å²) >= 11 is 13.1. The Morgan fingerprint density at radius 3 is 2.56 bits per heavy atom. The monoisotopic (exact) mass is 396 g/mol. The summed E-state index contributed by atoms with van der Waals surface area (Å²) in [6.07, 6.45) is 0. The molecular weight excluding hydrogens is 383 g/mol. The van der Waals surface area contributed by atoms with Crippen molar-refractivity contribution in [1.29, 1.82) is 0 Å². The Balaban J connectivity index is 1.40. The minimum Gasteiger partial charge on any atom is -0.493 e. The van der Waals surface area contributed by atoms with Gasteiger partial charge in [-0.2, -0.15) is 0 Å². The molecule has 0 fully saturated rings. The molecule has 0 saturated heterocycles. The second-order valence-electron chi connectivity index (χ2n) is 4.86. The highest BCUT2D eigenvalue weighted by molar-refractivity contribution is 7.99. The SMILES string of the molecule is Clc1ccc(OCc2nnc(SCCOc3cccc(Cl)c3)o2)cc1. The average Bonchev–Trinajstić information content (AvgIpc) is 3.06. The molecule has 0 saturated carbocycles. The van der Waals surface area contributed by atoms with Crippen LogP contribution in [0.4, 0.5) is 0 Å². The highest BCUT2D eigenvalue weighted by Gasteiger charge is 2.08. The van der Waals surface area contributed by atoms with Crippen LogP contribution in [0, 0.1) is 0 Å². The number of thioether (sulfide) groups is 1. The van der Waals surface area contributed by atoms with Gasteiger partial charge in [-0.3, -0.25) is 0 Å². The third-order valence-electron chi connectivity index (χ3n) is 3.00. The summed E-state index contributed by atoms with van der Waals surface area (Å²) in [5, 5.41) is 9.70. The first-order valence-electron chi connectivity index (χ1n) is 7.41. The van der Waals surface area contributed by atoms with Crippen LogP contribution in [0.5, 0.6) is 11.5 Å². The Morgan fingerprint density at radius 2 is 1.76 bits per heavy atom. The third kappa shape index (κ3) is 5.85. The lowest BCUT2D eigenvalue weighted by atomic mass is 10.3. The van der Waals surface area contributed by atoms with Crippen LogP contribution in [0.2, 0.25) is 10.0 Å². The zero-order valence-corrected chi connectivity index (χ0v) is 15.4. The van der Waals surface area contributed by atoms with Crippen molar-refractivity contribution in [2.75, 3.05) is 12.4 Å². The second-order valence-corrected chi connectivity index (χ2v) is 6.78. The first-order valence-corrected chi connectivity index (χ1v) is 9.15. The molecule has 0 amide bonds. The average molecular weight is 397 g/mol. The molecule has 2 aromatic carbocycles. The van der Waals surface area contributed by atoms with Crippen LogP contribution in [0.3, 0.4) is 0 Å². The van der Waals surface area contributed by atoms with E-state index in [1.54, 1.807) is 36.4 Å². The summed E-state index contributed by atoms with van der Waals surface area (Å²) in [6, 6.07) is 14.3. The molecule has 8 heteroatoms. The quantitative estimate of drug-likeness (QED) is 0.388. The molecule has 0 atom stereocenters. The minimum atomic E-state index is 0.203. The Hall–Kier alpha value is -1.89. The highest BCUT2D eigenvalue weighted by Crippen LogP contribution is 2.20. The number of ether oxygens (including phenoxy) is 2. The normalized spacial score (nSPS) is 10.6. The fourth-order valence-corrected chi connectivity index (χ4v) is 2.78. The highest BCUT2D eigenvalue weighted by atomic mass is 35.5. The molecule has 0 aliphatic heterocycles. The van der Waals surface area contributed by atoms with E-state index in [4.69, 9.17) is 37.1 Å². The van der Waals surface area contributed by atoms with E-state index in [1.807, 2.05) is 12.1 Å². The van der Waals surface area contributed by atoms with E-state index in [0.29, 0.717) is 39.3 Å². The van der Waals surface area contributed by atoms with Crippen molar-refractivity contribution in [2.24, 2.45) is 0 Å². The van der Waals surface area contributed by atoms with E-state index < -0.39 is 0 Å². The van der Waals surface area contributed by atoms with Crippen molar-refractivity contribution >= 4 is 35.0 Å². The molecule has 3 aromatic rings. The zero-order valence-electron chi connectivity index (χ0n) is 13.0. The molecule has 25 heavy (non-hydrogen) atoms. The third-order valence-corrected chi connectivity index (χ3v) is 4.27. The van der Waals surface area contributed by atoms with Crippen LogP contribution >= 0.6 is 35.0 Å². The molecule has 0 aliphatic carbocycles. The Labute approximate surface area is 159 Å². The van der Waals surface area contributed by atoms with Gasteiger partial charge in [0.05, 0.1) is 6.61 Å². The Kier molecular flexibility index (Phi) is 6.44. The largest absolute Gasteiger partial charge is 0.493 e. The van der Waals surface area contributed by atoms with Crippen LogP contribution in [-0.2, 0) is 6.61 Å². The van der Waals surface area contributed by atoms with Crippen LogP contribution < -0.4 is 9.47 Å². The molecule has 1 aromatic heterocycles. The molecule has 0 unspecified atom stereocenters. The van der Waals surface area contributed by atoms with Gasteiger partial charge < -0.3 is 13.9 Å². The smallest absolute Gasteiger partial charge is 0.276 e. The van der Waals surface area contributed by atoms with Gasteiger partial charge in [0.1, 0.15) is 11.5 Å². The summed E-state index contributed by atoms with van der Waals surface area (Å²) < 4.78 is 16.7. The summed E-state index contributed by atoms with van der Waals surface area (Å²) in [5.74, 6) is 2.50. The van der Waals surface area contributed by atoms with Gasteiger partial charge in [-0.05, 0) is 42.5 Å². The molecule has 3 rings (SSSR count). The molecule has 0 spiro atoms. The van der Waals surface area contributed by atoms with E-state index in [1.165, 1.54) is 11.8 Å². The standard InChI is InChI=1S/C17H14Cl2N2O3S/c18-12-4-6-14(7-5-12)23-11-16-20-21-17(24-16)25-9-8-22-15-3-1-2-13(19)10-15/h1-7,10H,8-9,11H2. The molecule has 1 heterocycles. The van der Waals surface area contributed by atoms with Crippen molar-refractivity contribution in [1.82, 2.24) is 10.2 Å². The fraction of sp³-hybridized carbons (Fsp3) is 0.176. The lowest BCUT2D eigenvalue weighted by Crippen LogP contribution is -1.99. The van der Waals surface area contributed by atoms with Gasteiger partial charge in [0, 0.05) is 15.8 Å². The summed E-state index contributed by atoms with van der Waals surface area (Å²) in [7, 11) is 0. The number of aromatic nitrogens is 2. The number of nitrogens with zero attached hydrogens (tertiary/aromatic N) is 2. The second kappa shape index (κ2) is 8.99. The maximum Gasteiger partial charge on any atom is 0.276 e. The summed E-state index contributed by atoms with van der Waals surface area (Å²) in [4.78, 5) is 0. The lowest BCUT2D eigenvalue weighted by molar-refractivity contribution is 0.252. The van der Waals surface area contributed by atoms with E-state index >= 15 is 0 Å². The summed E-state index contributed by atoms with van der Waals surface area (Å²) in [5.41, 5.74) is 0. The molecule has 0 bridgehead atoms. The van der Waals surface area contributed by atoms with Crippen molar-refractivity contribution in [3.05, 3.63) is 64.5 Å². The van der Waals surface area contributed by atoms with Crippen LogP contribution in [-0.4, -0.2) is 22.6 Å². The Bertz CT molecular complexity index is 812. The lowest BCUT2D eigenvalue weighted by Gasteiger charge is -2.04. The predicted molar refractivity (Wildman–Crippen MR) is 97.8 cm³/mol. The first-order chi connectivity index (χ1) is 12.2. The number of halogens is 2. The summed E-state index contributed by atoms with van der Waals surface area (Å²) in [6.45, 7) is 0.707. The van der Waals surface area contributed by atoms with Crippen LogP contribution in [0.15, 0.2) is 58.2 Å². The van der Waals surface area contributed by atoms with E-state index in [-0.39, 0.29) is 6.61 Å². The van der Waals surface area contributed by atoms with Crippen LogP contribution in [0.25, 0.3) is 0 Å². The van der Waals surface area contributed by atoms with Crippen molar-refractivity contribution in [3.8, 4) is 11.5 Å². The topological polar surface area (TPSA) is 57.4 Å². The maximum atomic E-state index is 5.90. The van der Waals surface area contributed by atoms with E-state index in [2.05, 4.69) is 10.2 Å². The number of benzene rings is 2. The number of rotatable bonds is 8. The molecule has 0 aliphatic rings. The zero-order chi connectivity index (χ0) is 17.5.